The van der Waals surface area contributed by atoms with Gasteiger partial charge in [0.25, 0.3) is 0 Å². The first-order valence-electron chi connectivity index (χ1n) is 6.07. The molecule has 0 aliphatic heterocycles. The number of ether oxygens (including phenoxy) is 1. The van der Waals surface area contributed by atoms with E-state index in [1.165, 1.54) is 0 Å². The first-order valence-corrected chi connectivity index (χ1v) is 6.07. The van der Waals surface area contributed by atoms with E-state index >= 15 is 0 Å². The predicted molar refractivity (Wildman–Crippen MR) is 72.5 cm³/mol. The van der Waals surface area contributed by atoms with Gasteiger partial charge >= 0.3 is 0 Å². The smallest absolute Gasteiger partial charge is 0.233 e. The molecule has 0 aromatic heterocycles. The predicted octanol–water partition coefficient (Wildman–Crippen LogP) is 0.715. The van der Waals surface area contributed by atoms with Crippen LogP contribution in [-0.4, -0.2) is 44.1 Å². The van der Waals surface area contributed by atoms with Crippen molar-refractivity contribution in [1.82, 2.24) is 10.2 Å². The first kappa shape index (κ1) is 14.3. The Morgan fingerprint density at radius 1 is 1.50 bits per heavy atom. The molecule has 0 aliphatic carbocycles. The van der Waals surface area contributed by atoms with Gasteiger partial charge in [-0.05, 0) is 18.7 Å². The molecule has 0 fully saturated rings. The van der Waals surface area contributed by atoms with Crippen molar-refractivity contribution in [2.75, 3.05) is 39.0 Å². The zero-order valence-corrected chi connectivity index (χ0v) is 11.0. The fourth-order valence-corrected chi connectivity index (χ4v) is 1.53. The molecule has 5 nitrogen and oxygen atoms in total. The average Bonchev–Trinajstić information content (AvgIpc) is 2.37. The second kappa shape index (κ2) is 7.55. The summed E-state index contributed by atoms with van der Waals surface area (Å²) in [6.45, 7) is 4.47. The van der Waals surface area contributed by atoms with E-state index in [0.29, 0.717) is 25.4 Å². The molecule has 0 atom stereocenters. The molecule has 1 aromatic rings. The van der Waals surface area contributed by atoms with Crippen molar-refractivity contribution in [3.63, 3.8) is 0 Å². The van der Waals surface area contributed by atoms with Gasteiger partial charge in [0.1, 0.15) is 12.4 Å². The van der Waals surface area contributed by atoms with Crippen LogP contribution in [0.15, 0.2) is 24.3 Å². The summed E-state index contributed by atoms with van der Waals surface area (Å²) in [6, 6.07) is 7.32. The van der Waals surface area contributed by atoms with E-state index < -0.39 is 0 Å². The quantitative estimate of drug-likeness (QED) is 0.701. The van der Waals surface area contributed by atoms with E-state index in [9.17, 15) is 4.79 Å². The molecule has 100 valence electrons. The standard InChI is InChI=1S/C13H21N3O2/c1-3-16(10-13(17)15-2)7-8-18-12-6-4-5-11(14)9-12/h4-6,9H,3,7-8,10,14H2,1-2H3,(H,15,17). The number of amides is 1. The summed E-state index contributed by atoms with van der Waals surface area (Å²) >= 11 is 0. The summed E-state index contributed by atoms with van der Waals surface area (Å²) in [5.41, 5.74) is 6.34. The minimum absolute atomic E-state index is 0.0146. The Morgan fingerprint density at radius 2 is 2.28 bits per heavy atom. The van der Waals surface area contributed by atoms with Gasteiger partial charge in [-0.2, -0.15) is 0 Å². The van der Waals surface area contributed by atoms with Crippen molar-refractivity contribution in [2.45, 2.75) is 6.92 Å². The average molecular weight is 251 g/mol. The SMILES string of the molecule is CCN(CCOc1cccc(N)c1)CC(=O)NC. The zero-order chi connectivity index (χ0) is 13.4. The molecule has 0 radical (unpaired) electrons. The third kappa shape index (κ3) is 5.05. The number of carbonyl (C=O) groups excluding carboxylic acids is 1. The number of hydrogen-bond donors (Lipinski definition) is 2. The van der Waals surface area contributed by atoms with Crippen LogP contribution in [0.5, 0.6) is 5.75 Å². The topological polar surface area (TPSA) is 67.6 Å². The van der Waals surface area contributed by atoms with Gasteiger partial charge in [-0.3, -0.25) is 9.69 Å². The highest BCUT2D eigenvalue weighted by atomic mass is 16.5. The minimum Gasteiger partial charge on any atom is -0.492 e. The molecule has 0 bridgehead atoms. The van der Waals surface area contributed by atoms with Crippen molar-refractivity contribution < 1.29 is 9.53 Å². The van der Waals surface area contributed by atoms with Gasteiger partial charge in [0, 0.05) is 25.3 Å². The lowest BCUT2D eigenvalue weighted by atomic mass is 10.3. The van der Waals surface area contributed by atoms with Crippen LogP contribution in [0.3, 0.4) is 0 Å². The lowest BCUT2D eigenvalue weighted by Gasteiger charge is -2.19. The van der Waals surface area contributed by atoms with E-state index in [-0.39, 0.29) is 5.91 Å². The fourth-order valence-electron chi connectivity index (χ4n) is 1.53. The summed E-state index contributed by atoms with van der Waals surface area (Å²) in [6.07, 6.45) is 0. The Morgan fingerprint density at radius 3 is 2.89 bits per heavy atom. The third-order valence-corrected chi connectivity index (χ3v) is 2.63. The Labute approximate surface area is 108 Å². The molecular weight excluding hydrogens is 230 g/mol. The van der Waals surface area contributed by atoms with Crippen LogP contribution in [-0.2, 0) is 4.79 Å². The number of anilines is 1. The molecule has 1 amide bonds. The second-order valence-corrected chi connectivity index (χ2v) is 3.96. The summed E-state index contributed by atoms with van der Waals surface area (Å²) in [5, 5.41) is 2.61. The minimum atomic E-state index is 0.0146. The lowest BCUT2D eigenvalue weighted by molar-refractivity contribution is -0.121. The normalized spacial score (nSPS) is 10.4. The molecule has 1 aromatic carbocycles. The Hall–Kier alpha value is -1.75. The molecule has 0 saturated carbocycles. The maximum absolute atomic E-state index is 11.2. The number of hydrogen-bond acceptors (Lipinski definition) is 4. The Kier molecular flexibility index (Phi) is 6.00. The summed E-state index contributed by atoms with van der Waals surface area (Å²) < 4.78 is 5.58. The van der Waals surface area contributed by atoms with E-state index in [0.717, 1.165) is 12.3 Å². The maximum atomic E-state index is 11.2. The van der Waals surface area contributed by atoms with Gasteiger partial charge in [-0.25, -0.2) is 0 Å². The zero-order valence-electron chi connectivity index (χ0n) is 11.0. The van der Waals surface area contributed by atoms with Crippen LogP contribution >= 0.6 is 0 Å². The highest BCUT2D eigenvalue weighted by molar-refractivity contribution is 5.77. The fraction of sp³-hybridized carbons (Fsp3) is 0.462. The monoisotopic (exact) mass is 251 g/mol. The number of nitrogens with two attached hydrogens (primary N) is 1. The van der Waals surface area contributed by atoms with Crippen molar-refractivity contribution in [3.8, 4) is 5.75 Å². The molecule has 0 saturated heterocycles. The van der Waals surface area contributed by atoms with E-state index in [2.05, 4.69) is 5.32 Å². The molecule has 18 heavy (non-hydrogen) atoms. The Balaban J connectivity index is 2.33. The van der Waals surface area contributed by atoms with Gasteiger partial charge in [-0.1, -0.05) is 13.0 Å². The van der Waals surface area contributed by atoms with Crippen LogP contribution in [0, 0.1) is 0 Å². The maximum Gasteiger partial charge on any atom is 0.233 e. The highest BCUT2D eigenvalue weighted by Crippen LogP contribution is 2.14. The molecule has 1 rings (SSSR count). The molecule has 0 heterocycles. The van der Waals surface area contributed by atoms with Gasteiger partial charge in [0.05, 0.1) is 6.54 Å². The molecule has 0 spiro atoms. The molecule has 0 aliphatic rings. The molecule has 3 N–H and O–H groups in total. The van der Waals surface area contributed by atoms with E-state index in [1.807, 2.05) is 30.0 Å². The summed E-state index contributed by atoms with van der Waals surface area (Å²) in [7, 11) is 1.64. The van der Waals surface area contributed by atoms with Crippen molar-refractivity contribution in [3.05, 3.63) is 24.3 Å². The molecule has 0 unspecified atom stereocenters. The van der Waals surface area contributed by atoms with E-state index in [1.54, 1.807) is 13.1 Å². The van der Waals surface area contributed by atoms with Crippen LogP contribution < -0.4 is 15.8 Å². The van der Waals surface area contributed by atoms with Gasteiger partial charge < -0.3 is 15.8 Å². The second-order valence-electron chi connectivity index (χ2n) is 3.96. The lowest BCUT2D eigenvalue weighted by Crippen LogP contribution is -2.37. The van der Waals surface area contributed by atoms with Crippen LogP contribution in [0.25, 0.3) is 0 Å². The number of likely N-dealkylation sites (N-methyl/N-ethyl adjacent to an activating group) is 2. The van der Waals surface area contributed by atoms with Crippen LogP contribution in [0.2, 0.25) is 0 Å². The number of carbonyl (C=O) groups is 1. The number of nitrogen functional groups attached to an aromatic ring is 1. The summed E-state index contributed by atoms with van der Waals surface area (Å²) in [4.78, 5) is 13.3. The van der Waals surface area contributed by atoms with Crippen molar-refractivity contribution in [2.24, 2.45) is 0 Å². The Bertz CT molecular complexity index is 382. The largest absolute Gasteiger partial charge is 0.492 e. The third-order valence-electron chi connectivity index (χ3n) is 2.63. The van der Waals surface area contributed by atoms with Crippen LogP contribution in [0.4, 0.5) is 5.69 Å². The van der Waals surface area contributed by atoms with Gasteiger partial charge in [-0.15, -0.1) is 0 Å². The highest BCUT2D eigenvalue weighted by Gasteiger charge is 2.07. The van der Waals surface area contributed by atoms with Crippen molar-refractivity contribution >= 4 is 11.6 Å². The molecular formula is C13H21N3O2. The number of rotatable bonds is 7. The first-order chi connectivity index (χ1) is 8.65. The number of benzene rings is 1. The van der Waals surface area contributed by atoms with Crippen LogP contribution in [0.1, 0.15) is 6.92 Å². The van der Waals surface area contributed by atoms with Gasteiger partial charge in [0.15, 0.2) is 0 Å². The van der Waals surface area contributed by atoms with Crippen molar-refractivity contribution in [1.29, 1.82) is 0 Å². The number of nitrogens with one attached hydrogen (secondary N) is 1. The van der Waals surface area contributed by atoms with Gasteiger partial charge in [0.2, 0.25) is 5.91 Å². The van der Waals surface area contributed by atoms with E-state index in [4.69, 9.17) is 10.5 Å². The summed E-state index contributed by atoms with van der Waals surface area (Å²) in [5.74, 6) is 0.770. The number of nitrogens with zero attached hydrogens (tertiary/aromatic N) is 1. The molecule has 5 heteroatoms.